The number of halogens is 2. The predicted octanol–water partition coefficient (Wildman–Crippen LogP) is 4.58. The Morgan fingerprint density at radius 1 is 1.31 bits per heavy atom. The van der Waals surface area contributed by atoms with Gasteiger partial charge in [0, 0.05) is 10.6 Å². The third-order valence-electron chi connectivity index (χ3n) is 4.61. The number of benzene rings is 2. The second-order valence-corrected chi connectivity index (χ2v) is 7.46. The van der Waals surface area contributed by atoms with Crippen LogP contribution in [0.2, 0.25) is 5.02 Å². The molecule has 0 spiro atoms. The maximum Gasteiger partial charge on any atom is 0.518 e. The minimum atomic E-state index is -1.38. The number of rotatable bonds is 7. The van der Waals surface area contributed by atoms with Crippen molar-refractivity contribution in [2.45, 2.75) is 24.0 Å². The zero-order valence-corrected chi connectivity index (χ0v) is 16.4. The van der Waals surface area contributed by atoms with Gasteiger partial charge in [0.1, 0.15) is 29.7 Å². The first-order valence-corrected chi connectivity index (χ1v) is 9.86. The summed E-state index contributed by atoms with van der Waals surface area (Å²) in [5.41, 5.74) is 0.794. The fourth-order valence-electron chi connectivity index (χ4n) is 3.23. The molecule has 7 nitrogen and oxygen atoms in total. The van der Waals surface area contributed by atoms with Crippen molar-refractivity contribution < 1.29 is 23.2 Å². The first-order valence-electron chi connectivity index (χ1n) is 8.57. The summed E-state index contributed by atoms with van der Waals surface area (Å²) in [6.45, 7) is 0.289. The number of ether oxygens (including phenoxy) is 1. The van der Waals surface area contributed by atoms with Gasteiger partial charge < -0.3 is 14.0 Å². The molecule has 10 heteroatoms. The van der Waals surface area contributed by atoms with Crippen LogP contribution >= 0.6 is 23.6 Å². The van der Waals surface area contributed by atoms with E-state index < -0.39 is 11.8 Å². The van der Waals surface area contributed by atoms with Crippen molar-refractivity contribution in [3.05, 3.63) is 82.6 Å². The Hall–Kier alpha value is -2.62. The Kier molecular flexibility index (Phi) is 5.44. The molecule has 1 aliphatic rings. The molecular formula is C19H15ClFN3O4S. The molecule has 2 heterocycles. The summed E-state index contributed by atoms with van der Waals surface area (Å²) in [5, 5.41) is 13.4. The Morgan fingerprint density at radius 2 is 2.07 bits per heavy atom. The summed E-state index contributed by atoms with van der Waals surface area (Å²) in [4.78, 5) is 14.7. The number of nitrogens with zero attached hydrogens (tertiary/aromatic N) is 3. The van der Waals surface area contributed by atoms with E-state index in [1.165, 1.54) is 18.5 Å². The molecule has 2 aromatic carbocycles. The van der Waals surface area contributed by atoms with Gasteiger partial charge in [0.15, 0.2) is 0 Å². The highest BCUT2D eigenvalue weighted by atomic mass is 35.5. The maximum atomic E-state index is 13.5. The van der Waals surface area contributed by atoms with E-state index in [1.54, 1.807) is 22.9 Å². The highest BCUT2D eigenvalue weighted by Gasteiger charge is 2.59. The van der Waals surface area contributed by atoms with Gasteiger partial charge in [-0.15, -0.1) is 0 Å². The predicted molar refractivity (Wildman–Crippen MR) is 104 cm³/mol. The molecule has 0 amide bonds. The van der Waals surface area contributed by atoms with Crippen molar-refractivity contribution in [3.63, 3.8) is 0 Å². The molecule has 1 fully saturated rings. The molecule has 1 N–H and O–H groups in total. The van der Waals surface area contributed by atoms with Gasteiger partial charge in [-0.25, -0.2) is 18.9 Å². The van der Waals surface area contributed by atoms with Crippen LogP contribution in [-0.2, 0) is 26.8 Å². The van der Waals surface area contributed by atoms with Crippen molar-refractivity contribution in [2.75, 3.05) is 0 Å². The van der Waals surface area contributed by atoms with Gasteiger partial charge in [0.25, 0.3) is 0 Å². The lowest BCUT2D eigenvalue weighted by molar-refractivity contribution is 0.153. The highest BCUT2D eigenvalue weighted by Crippen LogP contribution is 2.59. The molecule has 0 bridgehead atoms. The van der Waals surface area contributed by atoms with E-state index in [4.69, 9.17) is 21.4 Å². The van der Waals surface area contributed by atoms with E-state index >= 15 is 0 Å². The number of aromatic nitrogens is 3. The number of carbonyl (C=O) groups is 1. The summed E-state index contributed by atoms with van der Waals surface area (Å²) < 4.78 is 25.7. The standard InChI is InChI=1S/C19H15ClFN3O4S/c20-15-4-2-1-3-14(15)17-19(27-17,12-5-7-13(21)8-6-12)10-24-16(22-11-23-24)9-29-28-18(25)26/h1-8,11,17H,9-10H2,(H,25,26). The molecular weight excluding hydrogens is 421 g/mol. The molecule has 1 aromatic heterocycles. The van der Waals surface area contributed by atoms with Gasteiger partial charge in [0.05, 0.1) is 24.3 Å². The second-order valence-electron chi connectivity index (χ2n) is 6.36. The monoisotopic (exact) mass is 435 g/mol. The Morgan fingerprint density at radius 3 is 2.79 bits per heavy atom. The molecule has 2 atom stereocenters. The fourth-order valence-corrected chi connectivity index (χ4v) is 3.95. The molecule has 4 rings (SSSR count). The van der Waals surface area contributed by atoms with Crippen LogP contribution in [0.15, 0.2) is 54.9 Å². The summed E-state index contributed by atoms with van der Waals surface area (Å²) in [6, 6.07) is 13.5. The smallest absolute Gasteiger partial charge is 0.449 e. The van der Waals surface area contributed by atoms with Gasteiger partial charge in [-0.3, -0.25) is 0 Å². The fraction of sp³-hybridized carbons (Fsp3) is 0.211. The van der Waals surface area contributed by atoms with Crippen LogP contribution in [0, 0.1) is 5.82 Å². The average molecular weight is 436 g/mol. The molecule has 0 aliphatic carbocycles. The van der Waals surface area contributed by atoms with Crippen LogP contribution in [0.4, 0.5) is 9.18 Å². The number of carboxylic acid groups (broad SMARTS) is 1. The van der Waals surface area contributed by atoms with Gasteiger partial charge >= 0.3 is 6.16 Å². The SMILES string of the molecule is O=C(O)OSCc1ncnn1CC1(c2ccc(F)cc2)OC1c1ccccc1Cl. The summed E-state index contributed by atoms with van der Waals surface area (Å²) >= 11 is 7.10. The van der Waals surface area contributed by atoms with Crippen LogP contribution in [0.5, 0.6) is 0 Å². The summed E-state index contributed by atoms with van der Waals surface area (Å²) in [6.07, 6.45) is -0.350. The minimum absolute atomic E-state index is 0.183. The lowest BCUT2D eigenvalue weighted by atomic mass is 9.91. The molecule has 29 heavy (non-hydrogen) atoms. The maximum absolute atomic E-state index is 13.5. The number of hydrogen-bond acceptors (Lipinski definition) is 6. The van der Waals surface area contributed by atoms with Crippen molar-refractivity contribution >= 4 is 29.8 Å². The molecule has 0 radical (unpaired) electrons. The molecule has 1 saturated heterocycles. The van der Waals surface area contributed by atoms with E-state index in [2.05, 4.69) is 14.3 Å². The lowest BCUT2D eigenvalue weighted by Gasteiger charge is -2.16. The average Bonchev–Trinajstić information content (AvgIpc) is 3.24. The Labute approximate surface area is 174 Å². The third-order valence-corrected chi connectivity index (χ3v) is 5.59. The van der Waals surface area contributed by atoms with E-state index in [-0.39, 0.29) is 24.2 Å². The third kappa shape index (κ3) is 4.07. The minimum Gasteiger partial charge on any atom is -0.449 e. The van der Waals surface area contributed by atoms with Crippen LogP contribution in [-0.4, -0.2) is 26.0 Å². The van der Waals surface area contributed by atoms with Gasteiger partial charge in [-0.1, -0.05) is 41.9 Å². The quantitative estimate of drug-likeness (QED) is 0.429. The van der Waals surface area contributed by atoms with E-state index in [0.717, 1.165) is 23.2 Å². The van der Waals surface area contributed by atoms with E-state index in [1.807, 2.05) is 18.2 Å². The van der Waals surface area contributed by atoms with Crippen LogP contribution in [0.1, 0.15) is 23.1 Å². The first-order chi connectivity index (χ1) is 14.0. The van der Waals surface area contributed by atoms with Crippen LogP contribution < -0.4 is 0 Å². The van der Waals surface area contributed by atoms with Crippen molar-refractivity contribution in [3.8, 4) is 0 Å². The van der Waals surface area contributed by atoms with E-state index in [0.29, 0.717) is 10.8 Å². The van der Waals surface area contributed by atoms with E-state index in [9.17, 15) is 9.18 Å². The van der Waals surface area contributed by atoms with Gasteiger partial charge in [-0.05, 0) is 23.8 Å². The topological polar surface area (TPSA) is 89.8 Å². The lowest BCUT2D eigenvalue weighted by Crippen LogP contribution is -2.21. The van der Waals surface area contributed by atoms with Crippen LogP contribution in [0.25, 0.3) is 0 Å². The van der Waals surface area contributed by atoms with Gasteiger partial charge in [-0.2, -0.15) is 5.10 Å². The van der Waals surface area contributed by atoms with Crippen LogP contribution in [0.3, 0.4) is 0 Å². The zero-order valence-electron chi connectivity index (χ0n) is 14.9. The normalized spacial score (nSPS) is 20.4. The number of hydrogen-bond donors (Lipinski definition) is 1. The highest BCUT2D eigenvalue weighted by molar-refractivity contribution is 7.94. The second kappa shape index (κ2) is 8.02. The van der Waals surface area contributed by atoms with Crippen molar-refractivity contribution in [1.82, 2.24) is 14.8 Å². The molecule has 3 aromatic rings. The molecule has 2 unspecified atom stereocenters. The van der Waals surface area contributed by atoms with Gasteiger partial charge in [0.2, 0.25) is 0 Å². The Balaban J connectivity index is 1.64. The first kappa shape index (κ1) is 19.7. The zero-order chi connectivity index (χ0) is 20.4. The number of epoxide rings is 1. The molecule has 1 aliphatic heterocycles. The largest absolute Gasteiger partial charge is 0.518 e. The van der Waals surface area contributed by atoms with Crippen molar-refractivity contribution in [1.29, 1.82) is 0 Å². The summed E-state index contributed by atoms with van der Waals surface area (Å²) in [7, 11) is 0. The van der Waals surface area contributed by atoms with Crippen molar-refractivity contribution in [2.24, 2.45) is 0 Å². The molecule has 0 saturated carbocycles. The Bertz CT molecular complexity index is 1030. The summed E-state index contributed by atoms with van der Waals surface area (Å²) in [5.74, 6) is 0.358. The molecule has 150 valence electrons.